The van der Waals surface area contributed by atoms with Crippen molar-refractivity contribution in [3.63, 3.8) is 0 Å². The lowest BCUT2D eigenvalue weighted by Crippen LogP contribution is -2.66. The first-order valence-corrected chi connectivity index (χ1v) is 4.54. The Balaban J connectivity index is 5.95. The van der Waals surface area contributed by atoms with Gasteiger partial charge in [-0.1, -0.05) is 0 Å². The fourth-order valence-electron chi connectivity index (χ4n) is 0.797. The first-order chi connectivity index (χ1) is 9.65. The molecule has 1 N–H and O–H groups in total. The van der Waals surface area contributed by atoms with E-state index >= 15 is 0 Å². The first kappa shape index (κ1) is 21.5. The van der Waals surface area contributed by atoms with Crippen LogP contribution < -0.4 is 0 Å². The molecule has 23 heavy (non-hydrogen) atoms. The van der Waals surface area contributed by atoms with Crippen molar-refractivity contribution in [1.82, 2.24) is 0 Å². The molecular weight excluding hydrogens is 379 g/mol. The van der Waals surface area contributed by atoms with Crippen molar-refractivity contribution in [2.24, 2.45) is 0 Å². The Kier molecular flexibility index (Phi) is 4.93. The molecule has 0 aliphatic heterocycles. The lowest BCUT2D eigenvalue weighted by molar-refractivity contribution is -0.507. The van der Waals surface area contributed by atoms with Crippen molar-refractivity contribution < 1.29 is 71.7 Å². The Morgan fingerprint density at radius 2 is 1.00 bits per heavy atom. The van der Waals surface area contributed by atoms with Gasteiger partial charge in [-0.15, -0.1) is 0 Å². The van der Waals surface area contributed by atoms with Crippen LogP contribution >= 0.6 is 0 Å². The molecular formula is C7HF13O3. The zero-order valence-electron chi connectivity index (χ0n) is 9.68. The fourth-order valence-corrected chi connectivity index (χ4v) is 0.797. The number of carboxylic acids is 1. The summed E-state index contributed by atoms with van der Waals surface area (Å²) in [6, 6.07) is 0. The Morgan fingerprint density at radius 3 is 1.26 bits per heavy atom. The second-order valence-corrected chi connectivity index (χ2v) is 3.66. The topological polar surface area (TPSA) is 46.5 Å². The SMILES string of the molecule is O=C(O)C(F)(F)C(F)(F)C(F)(F)C(F)(F)OC(F)(F)C(F)(F)F. The molecule has 0 saturated heterocycles. The number of halogens is 13. The highest BCUT2D eigenvalue weighted by atomic mass is 19.4. The summed E-state index contributed by atoms with van der Waals surface area (Å²) in [5.74, 6) is -26.4. The van der Waals surface area contributed by atoms with Crippen LogP contribution in [0.5, 0.6) is 0 Å². The Bertz CT molecular complexity index is 465. The van der Waals surface area contributed by atoms with Gasteiger partial charge in [0.2, 0.25) is 0 Å². The minimum atomic E-state index is -7.77. The van der Waals surface area contributed by atoms with Crippen molar-refractivity contribution in [2.45, 2.75) is 36.2 Å². The highest BCUT2D eigenvalue weighted by Gasteiger charge is 2.86. The summed E-state index contributed by atoms with van der Waals surface area (Å²) < 4.78 is 161. The predicted octanol–water partition coefficient (Wildman–Crippen LogP) is 3.74. The van der Waals surface area contributed by atoms with Crippen molar-refractivity contribution in [1.29, 1.82) is 0 Å². The fraction of sp³-hybridized carbons (Fsp3) is 0.857. The Morgan fingerprint density at radius 1 is 0.652 bits per heavy atom. The van der Waals surface area contributed by atoms with Crippen LogP contribution in [0.2, 0.25) is 0 Å². The van der Waals surface area contributed by atoms with Crippen LogP contribution in [0.15, 0.2) is 0 Å². The highest BCUT2D eigenvalue weighted by molar-refractivity contribution is 5.77. The molecule has 3 nitrogen and oxygen atoms in total. The lowest BCUT2D eigenvalue weighted by Gasteiger charge is -2.35. The van der Waals surface area contributed by atoms with Gasteiger partial charge < -0.3 is 5.11 Å². The van der Waals surface area contributed by atoms with Gasteiger partial charge in [0, 0.05) is 0 Å². The van der Waals surface area contributed by atoms with Gasteiger partial charge in [-0.05, 0) is 0 Å². The van der Waals surface area contributed by atoms with Gasteiger partial charge in [0.05, 0.1) is 0 Å². The van der Waals surface area contributed by atoms with Gasteiger partial charge >= 0.3 is 42.1 Å². The van der Waals surface area contributed by atoms with Crippen molar-refractivity contribution in [3.05, 3.63) is 0 Å². The van der Waals surface area contributed by atoms with E-state index in [1.165, 1.54) is 4.74 Å². The van der Waals surface area contributed by atoms with Gasteiger partial charge in [0.1, 0.15) is 0 Å². The van der Waals surface area contributed by atoms with Gasteiger partial charge in [-0.2, -0.15) is 57.1 Å². The molecule has 0 aliphatic carbocycles. The second kappa shape index (κ2) is 5.27. The number of hydrogen-bond acceptors (Lipinski definition) is 2. The van der Waals surface area contributed by atoms with E-state index in [2.05, 4.69) is 0 Å². The van der Waals surface area contributed by atoms with E-state index < -0.39 is 42.1 Å². The van der Waals surface area contributed by atoms with Gasteiger partial charge in [0.15, 0.2) is 0 Å². The summed E-state index contributed by atoms with van der Waals surface area (Å²) in [6.07, 6.45) is -21.8. The molecule has 16 heteroatoms. The summed E-state index contributed by atoms with van der Waals surface area (Å²) in [5, 5.41) is 7.59. The van der Waals surface area contributed by atoms with E-state index in [4.69, 9.17) is 5.11 Å². The predicted molar refractivity (Wildman–Crippen MR) is 39.5 cm³/mol. The summed E-state index contributed by atoms with van der Waals surface area (Å²) >= 11 is 0. The summed E-state index contributed by atoms with van der Waals surface area (Å²) in [5.41, 5.74) is 0. The van der Waals surface area contributed by atoms with Gasteiger partial charge in [0.25, 0.3) is 0 Å². The van der Waals surface area contributed by atoms with Crippen LogP contribution in [0.4, 0.5) is 57.1 Å². The van der Waals surface area contributed by atoms with E-state index in [-0.39, 0.29) is 0 Å². The molecule has 0 rings (SSSR count). The molecule has 0 fully saturated rings. The first-order valence-electron chi connectivity index (χ1n) is 4.54. The number of alkyl halides is 13. The smallest absolute Gasteiger partial charge is 0.477 e. The van der Waals surface area contributed by atoms with Crippen LogP contribution in [-0.4, -0.2) is 47.2 Å². The maximum atomic E-state index is 12.7. The molecule has 0 aliphatic rings. The van der Waals surface area contributed by atoms with E-state index in [1.54, 1.807) is 0 Å². The molecule has 0 bridgehead atoms. The summed E-state index contributed by atoms with van der Waals surface area (Å²) in [6.45, 7) is 0. The maximum absolute atomic E-state index is 12.7. The third kappa shape index (κ3) is 3.25. The summed E-state index contributed by atoms with van der Waals surface area (Å²) in [4.78, 5) is 9.71. The van der Waals surface area contributed by atoms with Crippen molar-refractivity contribution >= 4 is 5.97 Å². The van der Waals surface area contributed by atoms with Crippen LogP contribution in [0.25, 0.3) is 0 Å². The zero-order valence-corrected chi connectivity index (χ0v) is 9.68. The zero-order chi connectivity index (χ0) is 19.3. The largest absolute Gasteiger partial charge is 0.483 e. The molecule has 0 spiro atoms. The molecule has 0 atom stereocenters. The summed E-state index contributed by atoms with van der Waals surface area (Å²) in [7, 11) is 0. The van der Waals surface area contributed by atoms with Crippen LogP contribution in [-0.2, 0) is 9.53 Å². The number of rotatable bonds is 6. The van der Waals surface area contributed by atoms with Crippen molar-refractivity contribution in [3.8, 4) is 0 Å². The number of carboxylic acid groups (broad SMARTS) is 1. The third-order valence-electron chi connectivity index (χ3n) is 2.01. The number of ether oxygens (including phenoxy) is 1. The number of carbonyl (C=O) groups is 1. The molecule has 0 saturated carbocycles. The average molecular weight is 380 g/mol. The molecule has 0 unspecified atom stereocenters. The molecule has 0 radical (unpaired) electrons. The maximum Gasteiger partial charge on any atom is 0.483 e. The van der Waals surface area contributed by atoms with Crippen LogP contribution in [0.3, 0.4) is 0 Å². The minimum Gasteiger partial charge on any atom is -0.477 e. The monoisotopic (exact) mass is 380 g/mol. The van der Waals surface area contributed by atoms with E-state index in [0.717, 1.165) is 0 Å². The normalized spacial score (nSPS) is 15.7. The Labute approximate surface area is 115 Å². The third-order valence-corrected chi connectivity index (χ3v) is 2.01. The Hall–Kier alpha value is -1.48. The van der Waals surface area contributed by atoms with Gasteiger partial charge in [-0.25, -0.2) is 9.53 Å². The molecule has 0 aromatic carbocycles. The molecule has 0 aromatic rings. The van der Waals surface area contributed by atoms with E-state index in [0.29, 0.717) is 0 Å². The quantitative estimate of drug-likeness (QED) is 0.715. The van der Waals surface area contributed by atoms with Crippen molar-refractivity contribution in [2.75, 3.05) is 0 Å². The average Bonchev–Trinajstić information content (AvgIpc) is 2.24. The molecule has 0 heterocycles. The molecule has 0 amide bonds. The standard InChI is InChI=1S/C7HF13O3/c8-2(9,1(21)22)3(10,11)4(12,13)6(17,18)23-7(19,20)5(14,15)16/h(H,21,22). The van der Waals surface area contributed by atoms with E-state index in [1.807, 2.05) is 0 Å². The number of hydrogen-bond donors (Lipinski definition) is 1. The highest BCUT2D eigenvalue weighted by Crippen LogP contribution is 2.55. The van der Waals surface area contributed by atoms with Crippen LogP contribution in [0.1, 0.15) is 0 Å². The van der Waals surface area contributed by atoms with Gasteiger partial charge in [-0.3, -0.25) is 0 Å². The number of aliphatic carboxylic acids is 1. The second-order valence-electron chi connectivity index (χ2n) is 3.66. The molecule has 138 valence electrons. The van der Waals surface area contributed by atoms with Crippen LogP contribution in [0, 0.1) is 0 Å². The minimum absolute atomic E-state index is 1.27. The molecule has 0 aromatic heterocycles. The van der Waals surface area contributed by atoms with E-state index in [9.17, 15) is 61.9 Å². The lowest BCUT2D eigenvalue weighted by atomic mass is 10.0.